The predicted molar refractivity (Wildman–Crippen MR) is 147 cm³/mol. The Morgan fingerprint density at radius 2 is 1.95 bits per heavy atom. The standard InChI is InChI=1S/C27H28N8O4/c1-34-23-13-18(7-8-19(23)25(37)32-34)29-24-14-21(30-22(16-36)17-5-3-2-4-6-17)20(15-28-24)26-31-27(33-39-26)35-9-11-38-12-10-35/h2-8,13-15,22,36H,9-12,16H2,1H3,(H,32,37)(H2,28,29,30)/t22-/m1/s1. The lowest BCUT2D eigenvalue weighted by Crippen LogP contribution is -2.36. The maximum Gasteiger partial charge on any atom is 0.271 e. The minimum atomic E-state index is -0.382. The quantitative estimate of drug-likeness (QED) is 0.237. The average molecular weight is 529 g/mol. The van der Waals surface area contributed by atoms with Crippen molar-refractivity contribution in [2.45, 2.75) is 6.04 Å². The first kappa shape index (κ1) is 24.6. The zero-order valence-electron chi connectivity index (χ0n) is 21.3. The lowest BCUT2D eigenvalue weighted by atomic mass is 10.1. The summed E-state index contributed by atoms with van der Waals surface area (Å²) in [5.41, 5.74) is 3.58. The van der Waals surface area contributed by atoms with Crippen LogP contribution in [0.2, 0.25) is 0 Å². The third-order valence-corrected chi connectivity index (χ3v) is 6.70. The summed E-state index contributed by atoms with van der Waals surface area (Å²) in [6.07, 6.45) is 1.66. The highest BCUT2D eigenvalue weighted by Crippen LogP contribution is 2.33. The van der Waals surface area contributed by atoms with Gasteiger partial charge in [-0.1, -0.05) is 30.3 Å². The lowest BCUT2D eigenvalue weighted by Gasteiger charge is -2.24. The van der Waals surface area contributed by atoms with E-state index in [2.05, 4.69) is 30.9 Å². The summed E-state index contributed by atoms with van der Waals surface area (Å²) < 4.78 is 12.8. The summed E-state index contributed by atoms with van der Waals surface area (Å²) in [6.45, 7) is 2.45. The molecule has 0 bridgehead atoms. The predicted octanol–water partition coefficient (Wildman–Crippen LogP) is 3.04. The van der Waals surface area contributed by atoms with E-state index in [0.29, 0.717) is 60.6 Å². The van der Waals surface area contributed by atoms with Gasteiger partial charge in [0.2, 0.25) is 0 Å². The molecule has 0 saturated carbocycles. The fraction of sp³-hybridized carbons (Fsp3) is 0.259. The van der Waals surface area contributed by atoms with E-state index in [4.69, 9.17) is 9.26 Å². The zero-order chi connectivity index (χ0) is 26.8. The molecular formula is C27H28N8O4. The highest BCUT2D eigenvalue weighted by atomic mass is 16.5. The molecule has 5 aromatic rings. The zero-order valence-corrected chi connectivity index (χ0v) is 21.3. The molecule has 1 atom stereocenters. The van der Waals surface area contributed by atoms with Crippen molar-refractivity contribution in [3.05, 3.63) is 76.7 Å². The number of rotatable bonds is 8. The van der Waals surface area contributed by atoms with Crippen LogP contribution in [0.25, 0.3) is 22.4 Å². The van der Waals surface area contributed by atoms with Gasteiger partial charge in [0.1, 0.15) is 5.82 Å². The smallest absolute Gasteiger partial charge is 0.271 e. The number of aromatic nitrogens is 5. The number of pyridine rings is 1. The molecule has 39 heavy (non-hydrogen) atoms. The van der Waals surface area contributed by atoms with Gasteiger partial charge >= 0.3 is 0 Å². The number of ether oxygens (including phenoxy) is 1. The van der Waals surface area contributed by atoms with E-state index in [1.54, 1.807) is 24.0 Å². The summed E-state index contributed by atoms with van der Waals surface area (Å²) in [5, 5.41) is 24.5. The van der Waals surface area contributed by atoms with E-state index >= 15 is 0 Å². The Bertz CT molecular complexity index is 1640. The maximum absolute atomic E-state index is 12.1. The molecule has 3 aromatic heterocycles. The number of hydrogen-bond acceptors (Lipinski definition) is 10. The summed E-state index contributed by atoms with van der Waals surface area (Å²) in [7, 11) is 1.79. The normalized spacial score (nSPS) is 14.5. The molecule has 1 aliphatic rings. The first-order valence-electron chi connectivity index (χ1n) is 12.6. The Morgan fingerprint density at radius 1 is 1.13 bits per heavy atom. The van der Waals surface area contributed by atoms with E-state index in [-0.39, 0.29) is 18.2 Å². The molecular weight excluding hydrogens is 500 g/mol. The summed E-state index contributed by atoms with van der Waals surface area (Å²) in [5.74, 6) is 1.36. The molecule has 1 aliphatic heterocycles. The van der Waals surface area contributed by atoms with Crippen LogP contribution in [0.1, 0.15) is 11.6 Å². The summed E-state index contributed by atoms with van der Waals surface area (Å²) in [4.78, 5) is 23.3. The van der Waals surface area contributed by atoms with Crippen LogP contribution < -0.4 is 21.1 Å². The monoisotopic (exact) mass is 528 g/mol. The number of nitrogens with zero attached hydrogens (tertiary/aromatic N) is 5. The van der Waals surface area contributed by atoms with Crippen LogP contribution in [0.15, 0.2) is 70.1 Å². The Labute approximate surface area is 223 Å². The van der Waals surface area contributed by atoms with Crippen LogP contribution in [0.5, 0.6) is 0 Å². The van der Waals surface area contributed by atoms with Gasteiger partial charge in [-0.25, -0.2) is 4.98 Å². The number of hydrogen-bond donors (Lipinski definition) is 4. The van der Waals surface area contributed by atoms with Crippen LogP contribution in [-0.2, 0) is 11.8 Å². The number of benzene rings is 2. The van der Waals surface area contributed by atoms with Gasteiger partial charge in [0.05, 0.1) is 48.0 Å². The molecule has 12 nitrogen and oxygen atoms in total. The minimum absolute atomic E-state index is 0.129. The van der Waals surface area contributed by atoms with Crippen LogP contribution in [0.4, 0.5) is 23.1 Å². The van der Waals surface area contributed by atoms with Crippen molar-refractivity contribution in [2.24, 2.45) is 7.05 Å². The van der Waals surface area contributed by atoms with E-state index < -0.39 is 0 Å². The van der Waals surface area contributed by atoms with E-state index in [9.17, 15) is 9.90 Å². The topological polar surface area (TPSA) is 146 Å². The van der Waals surface area contributed by atoms with Crippen molar-refractivity contribution in [3.63, 3.8) is 0 Å². The highest BCUT2D eigenvalue weighted by molar-refractivity contribution is 5.83. The van der Waals surface area contributed by atoms with Crippen molar-refractivity contribution >= 4 is 34.0 Å². The maximum atomic E-state index is 12.1. The van der Waals surface area contributed by atoms with Crippen molar-refractivity contribution in [1.82, 2.24) is 24.9 Å². The van der Waals surface area contributed by atoms with Gasteiger partial charge in [0, 0.05) is 38.1 Å². The van der Waals surface area contributed by atoms with Crippen molar-refractivity contribution in [1.29, 1.82) is 0 Å². The van der Waals surface area contributed by atoms with E-state index in [1.165, 1.54) is 0 Å². The molecule has 2 aromatic carbocycles. The molecule has 6 rings (SSSR count). The molecule has 0 spiro atoms. The number of aliphatic hydroxyl groups excluding tert-OH is 1. The highest BCUT2D eigenvalue weighted by Gasteiger charge is 2.22. The molecule has 0 amide bonds. The number of H-pyrrole nitrogens is 1. The second-order valence-corrected chi connectivity index (χ2v) is 9.26. The number of aryl methyl sites for hydroxylation is 1. The molecule has 4 heterocycles. The fourth-order valence-electron chi connectivity index (χ4n) is 4.64. The second kappa shape index (κ2) is 10.6. The third kappa shape index (κ3) is 5.07. The lowest BCUT2D eigenvalue weighted by molar-refractivity contribution is 0.121. The number of fused-ring (bicyclic) bond motifs is 1. The van der Waals surface area contributed by atoms with Crippen molar-refractivity contribution in [3.8, 4) is 11.5 Å². The Morgan fingerprint density at radius 3 is 2.74 bits per heavy atom. The molecule has 1 fully saturated rings. The number of aromatic amines is 1. The molecule has 4 N–H and O–H groups in total. The van der Waals surface area contributed by atoms with Gasteiger partial charge in [-0.05, 0) is 28.9 Å². The van der Waals surface area contributed by atoms with Crippen LogP contribution in [0, 0.1) is 0 Å². The minimum Gasteiger partial charge on any atom is -0.394 e. The number of anilines is 4. The van der Waals surface area contributed by atoms with Gasteiger partial charge in [-0.3, -0.25) is 14.6 Å². The number of nitrogens with one attached hydrogen (secondary N) is 3. The van der Waals surface area contributed by atoms with Crippen LogP contribution in [-0.4, -0.2) is 62.9 Å². The molecule has 1 saturated heterocycles. The molecule has 200 valence electrons. The van der Waals surface area contributed by atoms with Crippen molar-refractivity contribution < 1.29 is 14.4 Å². The third-order valence-electron chi connectivity index (χ3n) is 6.70. The molecule has 12 heteroatoms. The summed E-state index contributed by atoms with van der Waals surface area (Å²) >= 11 is 0. The Hall–Kier alpha value is -4.68. The molecule has 0 unspecified atom stereocenters. The van der Waals surface area contributed by atoms with Gasteiger partial charge < -0.3 is 29.9 Å². The number of aliphatic hydroxyl groups is 1. The first-order chi connectivity index (χ1) is 19.1. The Balaban J connectivity index is 1.35. The fourth-order valence-corrected chi connectivity index (χ4v) is 4.64. The molecule has 0 aliphatic carbocycles. The van der Waals surface area contributed by atoms with Gasteiger partial charge in [0.15, 0.2) is 0 Å². The Kier molecular flexibility index (Phi) is 6.69. The van der Waals surface area contributed by atoms with Gasteiger partial charge in [0.25, 0.3) is 17.4 Å². The van der Waals surface area contributed by atoms with E-state index in [1.807, 2.05) is 53.4 Å². The van der Waals surface area contributed by atoms with Crippen molar-refractivity contribution in [2.75, 3.05) is 48.4 Å². The SMILES string of the molecule is Cn1[nH]c(=O)c2ccc(Nc3cc(N[C@H](CO)c4ccccc4)c(-c4nc(N5CCOCC5)no4)cn3)cc21. The average Bonchev–Trinajstić information content (AvgIpc) is 3.57. The van der Waals surface area contributed by atoms with Crippen LogP contribution in [0.3, 0.4) is 0 Å². The largest absolute Gasteiger partial charge is 0.394 e. The van der Waals surface area contributed by atoms with Gasteiger partial charge in [-0.15, -0.1) is 0 Å². The first-order valence-corrected chi connectivity index (χ1v) is 12.6. The second-order valence-electron chi connectivity index (χ2n) is 9.26. The summed E-state index contributed by atoms with van der Waals surface area (Å²) in [6, 6.07) is 16.6. The van der Waals surface area contributed by atoms with Gasteiger partial charge in [-0.2, -0.15) is 4.98 Å². The van der Waals surface area contributed by atoms with Crippen LogP contribution >= 0.6 is 0 Å². The van der Waals surface area contributed by atoms with E-state index in [0.717, 1.165) is 16.8 Å². The number of morpholine rings is 1. The molecule has 0 radical (unpaired) electrons.